The normalized spacial score (nSPS) is 11.8. The van der Waals surface area contributed by atoms with E-state index in [2.05, 4.69) is 27.6 Å². The number of ether oxygens (including phenoxy) is 2. The van der Waals surface area contributed by atoms with Crippen LogP contribution in [0.5, 0.6) is 5.75 Å². The van der Waals surface area contributed by atoms with Gasteiger partial charge in [-0.15, -0.1) is 0 Å². The molecule has 3 aromatic rings. The lowest BCUT2D eigenvalue weighted by Gasteiger charge is -2.16. The van der Waals surface area contributed by atoms with Crippen molar-refractivity contribution in [1.29, 1.82) is 0 Å². The van der Waals surface area contributed by atoms with Gasteiger partial charge < -0.3 is 15.2 Å². The number of benzene rings is 2. The highest BCUT2D eigenvalue weighted by molar-refractivity contribution is 14.1. The van der Waals surface area contributed by atoms with Gasteiger partial charge in [0.2, 0.25) is 6.10 Å². The summed E-state index contributed by atoms with van der Waals surface area (Å²) in [5.74, 6) is -1.07. The summed E-state index contributed by atoms with van der Waals surface area (Å²) in [6, 6.07) is 13.8. The second-order valence-electron chi connectivity index (χ2n) is 5.54. The van der Waals surface area contributed by atoms with E-state index in [4.69, 9.17) is 26.8 Å². The lowest BCUT2D eigenvalue weighted by atomic mass is 10.1. The van der Waals surface area contributed by atoms with Crippen molar-refractivity contribution in [2.75, 3.05) is 6.61 Å². The van der Waals surface area contributed by atoms with E-state index >= 15 is 0 Å². The van der Waals surface area contributed by atoms with Gasteiger partial charge in [0, 0.05) is 17.1 Å². The second-order valence-corrected chi connectivity index (χ2v) is 7.11. The lowest BCUT2D eigenvalue weighted by Crippen LogP contribution is -2.28. The Morgan fingerprint density at radius 1 is 1.19 bits per heavy atom. The summed E-state index contributed by atoms with van der Waals surface area (Å²) in [7, 11) is 0. The summed E-state index contributed by atoms with van der Waals surface area (Å²) in [6.07, 6.45) is 0.430. The number of nitrogens with zero attached hydrogens (tertiary/aromatic N) is 1. The zero-order chi connectivity index (χ0) is 19.4. The number of rotatable bonds is 6. The van der Waals surface area contributed by atoms with E-state index in [1.54, 1.807) is 48.7 Å². The molecule has 3 rings (SSSR count). The molecule has 0 saturated heterocycles. The highest BCUT2D eigenvalue weighted by Gasteiger charge is 2.23. The molecule has 0 bridgehead atoms. The van der Waals surface area contributed by atoms with Crippen LogP contribution in [0.4, 0.5) is 0 Å². The van der Waals surface area contributed by atoms with Gasteiger partial charge >= 0.3 is 5.97 Å². The van der Waals surface area contributed by atoms with Gasteiger partial charge in [-0.25, -0.2) is 4.79 Å². The Labute approximate surface area is 173 Å². The summed E-state index contributed by atoms with van der Waals surface area (Å²) < 4.78 is 11.5. The van der Waals surface area contributed by atoms with Crippen LogP contribution in [0.2, 0.25) is 5.02 Å². The van der Waals surface area contributed by atoms with Gasteiger partial charge in [0.05, 0.1) is 8.59 Å². The van der Waals surface area contributed by atoms with Crippen LogP contribution in [0.1, 0.15) is 11.7 Å². The number of nitrogens with two attached hydrogens (primary N) is 1. The second kappa shape index (κ2) is 8.53. The third kappa shape index (κ3) is 4.48. The third-order valence-corrected chi connectivity index (χ3v) is 4.81. The highest BCUT2D eigenvalue weighted by Crippen LogP contribution is 2.34. The monoisotopic (exact) mass is 496 g/mol. The molecule has 1 amide bonds. The molecule has 0 aliphatic rings. The first kappa shape index (κ1) is 19.4. The van der Waals surface area contributed by atoms with Crippen LogP contribution >= 0.6 is 34.2 Å². The number of fused-ring (bicyclic) bond motifs is 1. The molecule has 138 valence electrons. The summed E-state index contributed by atoms with van der Waals surface area (Å²) in [5, 5.41) is 1.25. The average Bonchev–Trinajstić information content (AvgIpc) is 2.66. The van der Waals surface area contributed by atoms with Crippen LogP contribution in [-0.2, 0) is 14.3 Å². The minimum atomic E-state index is -1.18. The van der Waals surface area contributed by atoms with Crippen LogP contribution < -0.4 is 10.5 Å². The van der Waals surface area contributed by atoms with Crippen molar-refractivity contribution in [3.05, 3.63) is 68.9 Å². The SMILES string of the molecule is NC(=O)[C@H](OC(=O)COc1c(I)cc(Cl)c2cccnc12)c1ccccc1. The zero-order valence-electron chi connectivity index (χ0n) is 13.9. The summed E-state index contributed by atoms with van der Waals surface area (Å²) >= 11 is 8.28. The zero-order valence-corrected chi connectivity index (χ0v) is 16.8. The first-order valence-corrected chi connectivity index (χ1v) is 9.32. The van der Waals surface area contributed by atoms with E-state index in [1.165, 1.54) is 0 Å². The van der Waals surface area contributed by atoms with Gasteiger partial charge in [0.15, 0.2) is 12.4 Å². The number of hydrogen-bond donors (Lipinski definition) is 1. The van der Waals surface area contributed by atoms with Crippen LogP contribution in [0, 0.1) is 3.57 Å². The molecule has 1 atom stereocenters. The van der Waals surface area contributed by atoms with Crippen molar-refractivity contribution < 1.29 is 19.1 Å². The summed E-state index contributed by atoms with van der Waals surface area (Å²) in [4.78, 5) is 28.1. The number of esters is 1. The molecule has 0 aliphatic carbocycles. The molecule has 0 spiro atoms. The molecule has 0 unspecified atom stereocenters. The van der Waals surface area contributed by atoms with Gasteiger partial charge in [0.1, 0.15) is 5.52 Å². The molecule has 1 heterocycles. The lowest BCUT2D eigenvalue weighted by molar-refractivity contribution is -0.157. The first-order chi connectivity index (χ1) is 13.0. The smallest absolute Gasteiger partial charge is 0.345 e. The maximum atomic E-state index is 12.2. The molecule has 0 aliphatic heterocycles. The number of carbonyl (C=O) groups excluding carboxylic acids is 2. The van der Waals surface area contributed by atoms with Crippen molar-refractivity contribution in [2.45, 2.75) is 6.10 Å². The number of halogens is 2. The molecule has 0 radical (unpaired) electrons. The summed E-state index contributed by atoms with van der Waals surface area (Å²) in [6.45, 7) is -0.403. The molecular formula is C19H14ClIN2O4. The fourth-order valence-corrected chi connectivity index (χ4v) is 3.67. The molecule has 0 saturated carbocycles. The van der Waals surface area contributed by atoms with Gasteiger partial charge in [-0.05, 0) is 40.8 Å². The standard InChI is InChI=1S/C19H14ClIN2O4/c20-13-9-14(21)18(16-12(13)7-4-8-23-16)26-10-15(24)27-17(19(22)25)11-5-2-1-3-6-11/h1-9,17H,10H2,(H2,22,25)/t17-/m1/s1. The number of amides is 1. The number of hydrogen-bond acceptors (Lipinski definition) is 5. The third-order valence-electron chi connectivity index (χ3n) is 3.69. The number of aromatic nitrogens is 1. The topological polar surface area (TPSA) is 91.5 Å². The van der Waals surface area contributed by atoms with Gasteiger partial charge in [-0.1, -0.05) is 41.9 Å². The van der Waals surface area contributed by atoms with E-state index in [9.17, 15) is 9.59 Å². The highest BCUT2D eigenvalue weighted by atomic mass is 127. The molecule has 27 heavy (non-hydrogen) atoms. The molecule has 1 aromatic heterocycles. The molecule has 2 aromatic carbocycles. The maximum Gasteiger partial charge on any atom is 0.345 e. The minimum Gasteiger partial charge on any atom is -0.478 e. The molecule has 6 nitrogen and oxygen atoms in total. The van der Waals surface area contributed by atoms with Crippen molar-refractivity contribution in [3.63, 3.8) is 0 Å². The van der Waals surface area contributed by atoms with Crippen LogP contribution in [0.25, 0.3) is 10.9 Å². The van der Waals surface area contributed by atoms with Crippen molar-refractivity contribution in [3.8, 4) is 5.75 Å². The average molecular weight is 497 g/mol. The van der Waals surface area contributed by atoms with E-state index in [-0.39, 0.29) is 0 Å². The molecule has 0 fully saturated rings. The van der Waals surface area contributed by atoms with Crippen LogP contribution in [0.15, 0.2) is 54.7 Å². The van der Waals surface area contributed by atoms with E-state index < -0.39 is 24.6 Å². The fraction of sp³-hybridized carbons (Fsp3) is 0.105. The quantitative estimate of drug-likeness (QED) is 0.416. The van der Waals surface area contributed by atoms with Gasteiger partial charge in [0.25, 0.3) is 5.91 Å². The predicted molar refractivity (Wildman–Crippen MR) is 109 cm³/mol. The minimum absolute atomic E-state index is 0.403. The number of carbonyl (C=O) groups is 2. The molecular weight excluding hydrogens is 483 g/mol. The van der Waals surface area contributed by atoms with E-state index in [0.29, 0.717) is 30.8 Å². The van der Waals surface area contributed by atoms with Crippen LogP contribution in [-0.4, -0.2) is 23.5 Å². The molecule has 2 N–H and O–H groups in total. The number of primary amides is 1. The Morgan fingerprint density at radius 2 is 1.93 bits per heavy atom. The van der Waals surface area contributed by atoms with Crippen molar-refractivity contribution >= 4 is 57.0 Å². The fourth-order valence-electron chi connectivity index (χ4n) is 2.50. The van der Waals surface area contributed by atoms with E-state index in [1.807, 2.05) is 6.07 Å². The Kier molecular flexibility index (Phi) is 6.12. The first-order valence-electron chi connectivity index (χ1n) is 7.86. The van der Waals surface area contributed by atoms with Gasteiger partial charge in [-0.3, -0.25) is 9.78 Å². The predicted octanol–water partition coefficient (Wildman–Crippen LogP) is 3.64. The van der Waals surface area contributed by atoms with Crippen molar-refractivity contribution in [1.82, 2.24) is 4.98 Å². The maximum absolute atomic E-state index is 12.2. The Balaban J connectivity index is 1.76. The Bertz CT molecular complexity index is 998. The largest absolute Gasteiger partial charge is 0.478 e. The van der Waals surface area contributed by atoms with Crippen molar-refractivity contribution in [2.24, 2.45) is 5.73 Å². The Morgan fingerprint density at radius 3 is 2.63 bits per heavy atom. The Hall–Kier alpha value is -2.39. The summed E-state index contributed by atoms with van der Waals surface area (Å²) in [5.41, 5.74) is 6.39. The van der Waals surface area contributed by atoms with Gasteiger partial charge in [-0.2, -0.15) is 0 Å². The number of pyridine rings is 1. The molecule has 8 heteroatoms. The van der Waals surface area contributed by atoms with E-state index in [0.717, 1.165) is 0 Å². The van der Waals surface area contributed by atoms with Crippen LogP contribution in [0.3, 0.4) is 0 Å².